The molecule has 208 valence electrons. The van der Waals surface area contributed by atoms with E-state index in [1.54, 1.807) is 0 Å². The van der Waals surface area contributed by atoms with Crippen LogP contribution in [0.2, 0.25) is 0 Å². The van der Waals surface area contributed by atoms with Crippen molar-refractivity contribution in [3.05, 3.63) is 106 Å². The number of hydrogen-bond donors (Lipinski definition) is 2. The van der Waals surface area contributed by atoms with Crippen LogP contribution in [0.15, 0.2) is 66.7 Å². The van der Waals surface area contributed by atoms with Crippen molar-refractivity contribution in [1.82, 2.24) is 15.5 Å². The molecule has 3 aromatic rings. The molecule has 1 aliphatic carbocycles. The summed E-state index contributed by atoms with van der Waals surface area (Å²) in [6.07, 6.45) is 5.40. The molecule has 3 aromatic carbocycles. The fourth-order valence-electron chi connectivity index (χ4n) is 5.35. The highest BCUT2D eigenvalue weighted by atomic mass is 19.1. The minimum Gasteiger partial charge on any atom is -0.349 e. The van der Waals surface area contributed by atoms with Crippen molar-refractivity contribution in [3.63, 3.8) is 0 Å². The lowest BCUT2D eigenvalue weighted by atomic mass is 10.00. The van der Waals surface area contributed by atoms with E-state index in [1.807, 2.05) is 25.1 Å². The predicted molar refractivity (Wildman–Crippen MR) is 154 cm³/mol. The van der Waals surface area contributed by atoms with Crippen molar-refractivity contribution in [2.45, 2.75) is 70.5 Å². The van der Waals surface area contributed by atoms with Crippen molar-refractivity contribution in [3.8, 4) is 0 Å². The number of hydrogen-bond acceptors (Lipinski definition) is 3. The molecule has 0 aromatic heterocycles. The topological polar surface area (TPSA) is 44.4 Å². The molecule has 39 heavy (non-hydrogen) atoms. The number of benzene rings is 3. The Kier molecular flexibility index (Phi) is 9.87. The van der Waals surface area contributed by atoms with Gasteiger partial charge in [0.15, 0.2) is 0 Å². The lowest BCUT2D eigenvalue weighted by molar-refractivity contribution is 0.0934. The smallest absolute Gasteiger partial charge is 0.251 e. The molecule has 0 radical (unpaired) electrons. The maximum Gasteiger partial charge on any atom is 0.251 e. The van der Waals surface area contributed by atoms with Gasteiger partial charge in [-0.05, 0) is 100 Å². The summed E-state index contributed by atoms with van der Waals surface area (Å²) in [5.41, 5.74) is 4.53. The third kappa shape index (κ3) is 8.45. The summed E-state index contributed by atoms with van der Waals surface area (Å²) in [6, 6.07) is 19.7. The van der Waals surface area contributed by atoms with Gasteiger partial charge in [0.05, 0.1) is 0 Å². The van der Waals surface area contributed by atoms with E-state index in [9.17, 15) is 13.6 Å². The van der Waals surface area contributed by atoms with E-state index in [0.29, 0.717) is 30.5 Å². The standard InChI is InChI=1S/C33H41F2N3O/c1-4-5-15-38(3)23-26-16-24(2)17-27(18-26)32(39)37-31(21-25-19-29(34)22-30(35)20-25)11-14-36-33(12-13-33)28-9-7-6-8-10-28/h6-10,16-20,22,31,36H,4-5,11-15,21,23H2,1-3H3,(H,37,39)/t31-/m1/s1. The SMILES string of the molecule is CCCCN(C)Cc1cc(C)cc(C(=O)N[C@H](CCNC2(c3ccccc3)CC2)Cc2cc(F)cc(F)c2)c1. The quantitative estimate of drug-likeness (QED) is 0.248. The molecule has 1 saturated carbocycles. The number of amides is 1. The molecule has 2 N–H and O–H groups in total. The first kappa shape index (κ1) is 28.9. The summed E-state index contributed by atoms with van der Waals surface area (Å²) in [7, 11) is 2.10. The van der Waals surface area contributed by atoms with Crippen LogP contribution in [0, 0.1) is 18.6 Å². The van der Waals surface area contributed by atoms with Crippen LogP contribution in [-0.4, -0.2) is 37.0 Å². The average Bonchev–Trinajstić information content (AvgIpc) is 3.68. The normalized spacial score (nSPS) is 14.8. The van der Waals surface area contributed by atoms with Gasteiger partial charge < -0.3 is 15.5 Å². The molecule has 6 heteroatoms. The van der Waals surface area contributed by atoms with Gasteiger partial charge in [-0.15, -0.1) is 0 Å². The predicted octanol–water partition coefficient (Wildman–Crippen LogP) is 6.52. The highest BCUT2D eigenvalue weighted by Crippen LogP contribution is 2.45. The van der Waals surface area contributed by atoms with Crippen molar-refractivity contribution in [1.29, 1.82) is 0 Å². The molecule has 1 atom stereocenters. The van der Waals surface area contributed by atoms with Gasteiger partial charge >= 0.3 is 0 Å². The first-order valence-corrected chi connectivity index (χ1v) is 14.1. The van der Waals surface area contributed by atoms with E-state index in [2.05, 4.69) is 59.8 Å². The Hall–Kier alpha value is -3.09. The third-order valence-electron chi connectivity index (χ3n) is 7.52. The number of aryl methyl sites for hydroxylation is 1. The Balaban J connectivity index is 1.46. The summed E-state index contributed by atoms with van der Waals surface area (Å²) in [5.74, 6) is -1.38. The zero-order chi connectivity index (χ0) is 27.8. The van der Waals surface area contributed by atoms with Crippen molar-refractivity contribution < 1.29 is 13.6 Å². The Bertz CT molecular complexity index is 1220. The number of carbonyl (C=O) groups is 1. The van der Waals surface area contributed by atoms with Crippen LogP contribution in [-0.2, 0) is 18.5 Å². The summed E-state index contributed by atoms with van der Waals surface area (Å²) in [5, 5.41) is 6.86. The molecule has 0 saturated heterocycles. The van der Waals surface area contributed by atoms with Gasteiger partial charge in [0.2, 0.25) is 0 Å². The molecule has 0 bridgehead atoms. The second-order valence-electron chi connectivity index (χ2n) is 11.1. The molecule has 4 rings (SSSR count). The van der Waals surface area contributed by atoms with Crippen LogP contribution in [0.25, 0.3) is 0 Å². The number of carbonyl (C=O) groups excluding carboxylic acids is 1. The fourth-order valence-corrected chi connectivity index (χ4v) is 5.35. The fraction of sp³-hybridized carbons (Fsp3) is 0.424. The minimum atomic E-state index is -0.607. The van der Waals surface area contributed by atoms with E-state index in [-0.39, 0.29) is 17.5 Å². The minimum absolute atomic E-state index is 0.0178. The Labute approximate surface area is 231 Å². The van der Waals surface area contributed by atoms with Crippen LogP contribution in [0.4, 0.5) is 8.78 Å². The van der Waals surface area contributed by atoms with Crippen LogP contribution in [0.1, 0.15) is 71.6 Å². The van der Waals surface area contributed by atoms with Gasteiger partial charge in [-0.1, -0.05) is 55.3 Å². The van der Waals surface area contributed by atoms with Gasteiger partial charge in [0.25, 0.3) is 5.91 Å². The van der Waals surface area contributed by atoms with E-state index in [1.165, 1.54) is 17.7 Å². The van der Waals surface area contributed by atoms with E-state index in [0.717, 1.165) is 56.0 Å². The number of halogens is 2. The average molecular weight is 534 g/mol. The highest BCUT2D eigenvalue weighted by molar-refractivity contribution is 5.94. The van der Waals surface area contributed by atoms with Crippen LogP contribution in [0.5, 0.6) is 0 Å². The Morgan fingerprint density at radius 2 is 1.72 bits per heavy atom. The second-order valence-corrected chi connectivity index (χ2v) is 11.1. The molecule has 1 aliphatic rings. The summed E-state index contributed by atoms with van der Waals surface area (Å²) >= 11 is 0. The highest BCUT2D eigenvalue weighted by Gasteiger charge is 2.43. The summed E-state index contributed by atoms with van der Waals surface area (Å²) in [4.78, 5) is 15.7. The number of rotatable bonds is 14. The Morgan fingerprint density at radius 1 is 1.00 bits per heavy atom. The maximum absolute atomic E-state index is 13.9. The molecule has 1 amide bonds. The number of nitrogens with zero attached hydrogens (tertiary/aromatic N) is 1. The zero-order valence-electron chi connectivity index (χ0n) is 23.4. The lowest BCUT2D eigenvalue weighted by Crippen LogP contribution is -2.40. The van der Waals surface area contributed by atoms with E-state index >= 15 is 0 Å². The number of nitrogens with one attached hydrogen (secondary N) is 2. The van der Waals surface area contributed by atoms with Gasteiger partial charge in [0.1, 0.15) is 11.6 Å². The summed E-state index contributed by atoms with van der Waals surface area (Å²) < 4.78 is 27.9. The largest absolute Gasteiger partial charge is 0.349 e. The van der Waals surface area contributed by atoms with Crippen LogP contribution >= 0.6 is 0 Å². The molecule has 0 heterocycles. The van der Waals surface area contributed by atoms with E-state index < -0.39 is 11.6 Å². The van der Waals surface area contributed by atoms with Gasteiger partial charge in [0, 0.05) is 29.8 Å². The zero-order valence-corrected chi connectivity index (χ0v) is 23.4. The van der Waals surface area contributed by atoms with Crippen molar-refractivity contribution in [2.24, 2.45) is 0 Å². The Morgan fingerprint density at radius 3 is 2.38 bits per heavy atom. The molecule has 4 nitrogen and oxygen atoms in total. The summed E-state index contributed by atoms with van der Waals surface area (Å²) in [6.45, 7) is 6.65. The second kappa shape index (κ2) is 13.3. The molecule has 0 aliphatic heterocycles. The first-order chi connectivity index (χ1) is 18.8. The first-order valence-electron chi connectivity index (χ1n) is 14.1. The van der Waals surface area contributed by atoms with Gasteiger partial charge in [-0.3, -0.25) is 4.79 Å². The monoisotopic (exact) mass is 533 g/mol. The third-order valence-corrected chi connectivity index (χ3v) is 7.52. The van der Waals surface area contributed by atoms with Gasteiger partial charge in [-0.2, -0.15) is 0 Å². The molecule has 0 spiro atoms. The van der Waals surface area contributed by atoms with Crippen molar-refractivity contribution >= 4 is 5.91 Å². The lowest BCUT2D eigenvalue weighted by Gasteiger charge is -2.23. The van der Waals surface area contributed by atoms with Gasteiger partial charge in [-0.25, -0.2) is 8.78 Å². The van der Waals surface area contributed by atoms with Crippen LogP contribution in [0.3, 0.4) is 0 Å². The molecule has 1 fully saturated rings. The van der Waals surface area contributed by atoms with Crippen molar-refractivity contribution in [2.75, 3.05) is 20.1 Å². The van der Waals surface area contributed by atoms with Crippen LogP contribution < -0.4 is 10.6 Å². The van der Waals surface area contributed by atoms with E-state index in [4.69, 9.17) is 0 Å². The molecular formula is C33H41F2N3O. The molecular weight excluding hydrogens is 492 g/mol. The molecule has 0 unspecified atom stereocenters. The number of unbranched alkanes of at least 4 members (excludes halogenated alkanes) is 1. The maximum atomic E-state index is 13.9.